The van der Waals surface area contributed by atoms with Gasteiger partial charge in [0, 0.05) is 39.3 Å². The van der Waals surface area contributed by atoms with E-state index >= 15 is 0 Å². The van der Waals surface area contributed by atoms with Crippen LogP contribution >= 0.6 is 0 Å². The van der Waals surface area contributed by atoms with Gasteiger partial charge in [0.2, 0.25) is 5.95 Å². The summed E-state index contributed by atoms with van der Waals surface area (Å²) >= 11 is 0. The van der Waals surface area contributed by atoms with Crippen molar-refractivity contribution < 1.29 is 0 Å². The van der Waals surface area contributed by atoms with E-state index in [-0.39, 0.29) is 0 Å². The van der Waals surface area contributed by atoms with Crippen molar-refractivity contribution in [3.63, 3.8) is 0 Å². The highest BCUT2D eigenvalue weighted by atomic mass is 15.3. The number of anilines is 1. The number of aromatic nitrogens is 3. The lowest BCUT2D eigenvalue weighted by Gasteiger charge is -2.32. The Kier molecular flexibility index (Phi) is 4.43. The van der Waals surface area contributed by atoms with E-state index in [9.17, 15) is 0 Å². The summed E-state index contributed by atoms with van der Waals surface area (Å²) in [5, 5.41) is 11.3. The molecule has 6 nitrogen and oxygen atoms in total. The summed E-state index contributed by atoms with van der Waals surface area (Å²) in [6, 6.07) is 0. The first kappa shape index (κ1) is 13.2. The predicted octanol–water partition coefficient (Wildman–Crippen LogP) is 0.148. The summed E-state index contributed by atoms with van der Waals surface area (Å²) in [7, 11) is 2.17. The van der Waals surface area contributed by atoms with E-state index in [0.717, 1.165) is 50.7 Å². The third kappa shape index (κ3) is 3.61. The Morgan fingerprint density at radius 3 is 2.44 bits per heavy atom. The SMILES string of the molecule is Cc1nnc(NCCN2CCN(C)CC2)nc1C. The predicted molar refractivity (Wildman–Crippen MR) is 71.7 cm³/mol. The molecule has 1 N–H and O–H groups in total. The molecule has 2 rings (SSSR count). The van der Waals surface area contributed by atoms with Gasteiger partial charge in [-0.3, -0.25) is 4.90 Å². The second kappa shape index (κ2) is 6.06. The lowest BCUT2D eigenvalue weighted by Crippen LogP contribution is -2.45. The van der Waals surface area contributed by atoms with E-state index in [1.54, 1.807) is 0 Å². The van der Waals surface area contributed by atoms with Crippen LogP contribution in [-0.2, 0) is 0 Å². The molecule has 0 atom stereocenters. The molecule has 0 aliphatic carbocycles. The summed E-state index contributed by atoms with van der Waals surface area (Å²) in [4.78, 5) is 9.18. The Morgan fingerprint density at radius 1 is 1.06 bits per heavy atom. The molecular weight excluding hydrogens is 228 g/mol. The molecule has 1 aromatic heterocycles. The normalized spacial score (nSPS) is 17.9. The quantitative estimate of drug-likeness (QED) is 0.821. The first-order chi connectivity index (χ1) is 8.65. The lowest BCUT2D eigenvalue weighted by atomic mass is 10.3. The largest absolute Gasteiger partial charge is 0.352 e. The van der Waals surface area contributed by atoms with Crippen molar-refractivity contribution in [1.29, 1.82) is 0 Å². The summed E-state index contributed by atoms with van der Waals surface area (Å²) in [6.45, 7) is 10.4. The van der Waals surface area contributed by atoms with Gasteiger partial charge in [-0.25, -0.2) is 4.98 Å². The molecule has 1 aromatic rings. The maximum absolute atomic E-state index is 4.36. The van der Waals surface area contributed by atoms with E-state index in [2.05, 4.69) is 37.3 Å². The van der Waals surface area contributed by atoms with Crippen LogP contribution in [0.3, 0.4) is 0 Å². The molecule has 0 radical (unpaired) electrons. The van der Waals surface area contributed by atoms with Gasteiger partial charge < -0.3 is 10.2 Å². The smallest absolute Gasteiger partial charge is 0.243 e. The summed E-state index contributed by atoms with van der Waals surface area (Å²) < 4.78 is 0. The van der Waals surface area contributed by atoms with Crippen LogP contribution in [0, 0.1) is 13.8 Å². The average Bonchev–Trinajstić information content (AvgIpc) is 2.36. The molecule has 1 saturated heterocycles. The second-order valence-corrected chi connectivity index (χ2v) is 4.88. The highest BCUT2D eigenvalue weighted by Gasteiger charge is 2.12. The summed E-state index contributed by atoms with van der Waals surface area (Å²) in [5.41, 5.74) is 1.83. The van der Waals surface area contributed by atoms with Crippen molar-refractivity contribution >= 4 is 5.95 Å². The van der Waals surface area contributed by atoms with Crippen molar-refractivity contribution in [2.24, 2.45) is 0 Å². The van der Waals surface area contributed by atoms with Gasteiger partial charge in [-0.2, -0.15) is 5.10 Å². The molecule has 1 fully saturated rings. The van der Waals surface area contributed by atoms with Gasteiger partial charge >= 0.3 is 0 Å². The minimum absolute atomic E-state index is 0.632. The molecule has 0 spiro atoms. The Bertz CT molecular complexity index is 386. The topological polar surface area (TPSA) is 57.2 Å². The monoisotopic (exact) mass is 250 g/mol. The molecule has 1 aliphatic rings. The number of rotatable bonds is 4. The minimum Gasteiger partial charge on any atom is -0.352 e. The van der Waals surface area contributed by atoms with Crippen molar-refractivity contribution in [3.8, 4) is 0 Å². The number of hydrogen-bond acceptors (Lipinski definition) is 6. The molecular formula is C12H22N6. The molecule has 1 aliphatic heterocycles. The molecule has 2 heterocycles. The fourth-order valence-corrected chi connectivity index (χ4v) is 1.93. The number of nitrogens with zero attached hydrogens (tertiary/aromatic N) is 5. The molecule has 18 heavy (non-hydrogen) atoms. The van der Waals surface area contributed by atoms with E-state index in [1.807, 2.05) is 13.8 Å². The van der Waals surface area contributed by atoms with Gasteiger partial charge in [0.15, 0.2) is 0 Å². The van der Waals surface area contributed by atoms with E-state index in [1.165, 1.54) is 0 Å². The van der Waals surface area contributed by atoms with E-state index in [0.29, 0.717) is 5.95 Å². The molecule has 0 saturated carbocycles. The number of hydrogen-bond donors (Lipinski definition) is 1. The van der Waals surface area contributed by atoms with Crippen molar-refractivity contribution in [2.75, 3.05) is 51.6 Å². The standard InChI is InChI=1S/C12H22N6/c1-10-11(2)15-16-12(14-10)13-4-5-18-8-6-17(3)7-9-18/h4-9H2,1-3H3,(H,13,14,16). The fraction of sp³-hybridized carbons (Fsp3) is 0.750. The molecule has 0 aromatic carbocycles. The van der Waals surface area contributed by atoms with Crippen LogP contribution in [0.25, 0.3) is 0 Å². The number of piperazine rings is 1. The van der Waals surface area contributed by atoms with Crippen molar-refractivity contribution in [1.82, 2.24) is 25.0 Å². The zero-order valence-electron chi connectivity index (χ0n) is 11.5. The van der Waals surface area contributed by atoms with Gasteiger partial charge in [-0.1, -0.05) is 0 Å². The van der Waals surface area contributed by atoms with Crippen LogP contribution in [0.1, 0.15) is 11.4 Å². The fourth-order valence-electron chi connectivity index (χ4n) is 1.93. The zero-order valence-corrected chi connectivity index (χ0v) is 11.5. The third-order valence-electron chi connectivity index (χ3n) is 3.40. The number of nitrogens with one attached hydrogen (secondary N) is 1. The van der Waals surface area contributed by atoms with Gasteiger partial charge in [0.05, 0.1) is 11.4 Å². The molecule has 0 bridgehead atoms. The van der Waals surface area contributed by atoms with Gasteiger partial charge in [0.25, 0.3) is 0 Å². The van der Waals surface area contributed by atoms with Crippen molar-refractivity contribution in [3.05, 3.63) is 11.4 Å². The van der Waals surface area contributed by atoms with Gasteiger partial charge in [0.1, 0.15) is 0 Å². The Labute approximate surface area is 108 Å². The molecule has 6 heteroatoms. The van der Waals surface area contributed by atoms with Crippen LogP contribution in [0.15, 0.2) is 0 Å². The number of aryl methyl sites for hydroxylation is 2. The molecule has 100 valence electrons. The maximum atomic E-state index is 4.36. The van der Waals surface area contributed by atoms with Crippen LogP contribution in [0.4, 0.5) is 5.95 Å². The Hall–Kier alpha value is -1.27. The third-order valence-corrected chi connectivity index (χ3v) is 3.40. The van der Waals surface area contributed by atoms with Crippen LogP contribution < -0.4 is 5.32 Å². The molecule has 0 amide bonds. The van der Waals surface area contributed by atoms with Crippen LogP contribution in [-0.4, -0.2) is 71.3 Å². The Balaban J connectivity index is 1.73. The summed E-state index contributed by atoms with van der Waals surface area (Å²) in [6.07, 6.45) is 0. The van der Waals surface area contributed by atoms with Crippen molar-refractivity contribution in [2.45, 2.75) is 13.8 Å². The highest BCUT2D eigenvalue weighted by molar-refractivity contribution is 5.24. The minimum atomic E-state index is 0.632. The first-order valence-electron chi connectivity index (χ1n) is 6.48. The van der Waals surface area contributed by atoms with E-state index in [4.69, 9.17) is 0 Å². The highest BCUT2D eigenvalue weighted by Crippen LogP contribution is 2.02. The lowest BCUT2D eigenvalue weighted by molar-refractivity contribution is 0.158. The first-order valence-corrected chi connectivity index (χ1v) is 6.48. The van der Waals surface area contributed by atoms with Crippen LogP contribution in [0.5, 0.6) is 0 Å². The van der Waals surface area contributed by atoms with E-state index < -0.39 is 0 Å². The van der Waals surface area contributed by atoms with Gasteiger partial charge in [-0.05, 0) is 20.9 Å². The molecule has 0 unspecified atom stereocenters. The zero-order chi connectivity index (χ0) is 13.0. The second-order valence-electron chi connectivity index (χ2n) is 4.88. The Morgan fingerprint density at radius 2 is 1.78 bits per heavy atom. The summed E-state index contributed by atoms with van der Waals surface area (Å²) in [5.74, 6) is 0.632. The van der Waals surface area contributed by atoms with Gasteiger partial charge in [-0.15, -0.1) is 5.10 Å². The number of likely N-dealkylation sites (N-methyl/N-ethyl adjacent to an activating group) is 1. The average molecular weight is 250 g/mol. The maximum Gasteiger partial charge on any atom is 0.243 e. The van der Waals surface area contributed by atoms with Crippen LogP contribution in [0.2, 0.25) is 0 Å².